The van der Waals surface area contributed by atoms with Gasteiger partial charge in [0, 0.05) is 0 Å². The van der Waals surface area contributed by atoms with Crippen LogP contribution < -0.4 is 19.9 Å². The molecule has 1 rings (SSSR count). The van der Waals surface area contributed by atoms with E-state index in [1.807, 2.05) is 0 Å². The van der Waals surface area contributed by atoms with Gasteiger partial charge in [-0.1, -0.05) is 0 Å². The first-order valence-electron chi connectivity index (χ1n) is 3.79. The van der Waals surface area contributed by atoms with Crippen LogP contribution in [0.25, 0.3) is 0 Å². The van der Waals surface area contributed by atoms with Crippen molar-refractivity contribution in [2.45, 2.75) is 0 Å². The first kappa shape index (κ1) is 9.51. The Labute approximate surface area is 77.2 Å². The maximum atomic E-state index is 5.75. The Kier molecular flexibility index (Phi) is 2.84. The maximum absolute atomic E-state index is 5.75. The van der Waals surface area contributed by atoms with E-state index in [0.29, 0.717) is 22.9 Å². The minimum absolute atomic E-state index is 0.448. The van der Waals surface area contributed by atoms with E-state index in [9.17, 15) is 0 Å². The third-order valence-corrected chi connectivity index (χ3v) is 1.76. The third-order valence-electron chi connectivity index (χ3n) is 1.76. The molecule has 0 saturated heterocycles. The van der Waals surface area contributed by atoms with Gasteiger partial charge in [0.25, 0.3) is 0 Å². The second-order valence-corrected chi connectivity index (χ2v) is 2.42. The van der Waals surface area contributed by atoms with Gasteiger partial charge in [0.15, 0.2) is 11.5 Å². The van der Waals surface area contributed by atoms with Crippen molar-refractivity contribution in [2.75, 3.05) is 27.1 Å². The van der Waals surface area contributed by atoms with Gasteiger partial charge >= 0.3 is 0 Å². The molecule has 0 unspecified atom stereocenters. The van der Waals surface area contributed by atoms with Crippen molar-refractivity contribution in [1.82, 2.24) is 0 Å². The average molecular weight is 183 g/mol. The van der Waals surface area contributed by atoms with Crippen LogP contribution in [0.15, 0.2) is 12.1 Å². The highest BCUT2D eigenvalue weighted by atomic mass is 16.5. The Balaban J connectivity index is 3.23. The van der Waals surface area contributed by atoms with Crippen LogP contribution in [0, 0.1) is 0 Å². The fraction of sp³-hybridized carbons (Fsp3) is 0.333. The number of nitrogen functional groups attached to an aromatic ring is 1. The second kappa shape index (κ2) is 3.89. The van der Waals surface area contributed by atoms with Gasteiger partial charge in [-0.15, -0.1) is 0 Å². The Hall–Kier alpha value is -1.58. The predicted molar refractivity (Wildman–Crippen MR) is 50.5 cm³/mol. The number of hydrogen-bond acceptors (Lipinski definition) is 4. The molecule has 0 aliphatic heterocycles. The summed E-state index contributed by atoms with van der Waals surface area (Å²) in [6, 6.07) is 3.48. The molecule has 0 aromatic heterocycles. The molecule has 1 aromatic rings. The normalized spacial score (nSPS) is 9.46. The van der Waals surface area contributed by atoms with Crippen LogP contribution in [0.3, 0.4) is 0 Å². The van der Waals surface area contributed by atoms with Crippen molar-refractivity contribution in [3.05, 3.63) is 12.1 Å². The Morgan fingerprint density at radius 2 is 1.46 bits per heavy atom. The fourth-order valence-corrected chi connectivity index (χ4v) is 1.11. The number of ether oxygens (including phenoxy) is 3. The highest BCUT2D eigenvalue weighted by Gasteiger charge is 2.11. The number of rotatable bonds is 3. The fourth-order valence-electron chi connectivity index (χ4n) is 1.11. The summed E-state index contributed by atoms with van der Waals surface area (Å²) in [5.41, 5.74) is 6.20. The van der Waals surface area contributed by atoms with Crippen molar-refractivity contribution in [3.8, 4) is 17.2 Å². The van der Waals surface area contributed by atoms with Crippen LogP contribution in [0.5, 0.6) is 17.2 Å². The van der Waals surface area contributed by atoms with Crippen molar-refractivity contribution in [3.63, 3.8) is 0 Å². The van der Waals surface area contributed by atoms with Gasteiger partial charge in [-0.2, -0.15) is 0 Å². The van der Waals surface area contributed by atoms with Crippen LogP contribution in [0.4, 0.5) is 5.69 Å². The summed E-state index contributed by atoms with van der Waals surface area (Å²) in [5, 5.41) is 0. The van der Waals surface area contributed by atoms with E-state index in [-0.39, 0.29) is 0 Å². The minimum Gasteiger partial charge on any atom is -0.494 e. The average Bonchev–Trinajstić information content (AvgIpc) is 2.17. The number of methoxy groups -OCH3 is 3. The van der Waals surface area contributed by atoms with E-state index in [4.69, 9.17) is 19.9 Å². The summed E-state index contributed by atoms with van der Waals surface area (Å²) < 4.78 is 15.2. The summed E-state index contributed by atoms with van der Waals surface area (Å²) in [4.78, 5) is 0. The number of hydrogen-bond donors (Lipinski definition) is 1. The lowest BCUT2D eigenvalue weighted by Gasteiger charge is -2.12. The first-order valence-corrected chi connectivity index (χ1v) is 3.79. The summed E-state index contributed by atoms with van der Waals surface area (Å²) in [6.45, 7) is 0. The quantitative estimate of drug-likeness (QED) is 0.717. The molecular weight excluding hydrogens is 170 g/mol. The number of anilines is 1. The predicted octanol–water partition coefficient (Wildman–Crippen LogP) is 1.29. The van der Waals surface area contributed by atoms with Crippen LogP contribution in [-0.4, -0.2) is 21.3 Å². The lowest BCUT2D eigenvalue weighted by Crippen LogP contribution is -1.98. The molecule has 0 spiro atoms. The SMILES string of the molecule is COc1ccc(OC)c(OC)c1N. The van der Waals surface area contributed by atoms with E-state index in [1.54, 1.807) is 26.4 Å². The number of nitrogens with two attached hydrogens (primary N) is 1. The van der Waals surface area contributed by atoms with Crippen LogP contribution >= 0.6 is 0 Å². The highest BCUT2D eigenvalue weighted by molar-refractivity contribution is 5.68. The zero-order valence-electron chi connectivity index (χ0n) is 7.96. The van der Waals surface area contributed by atoms with E-state index < -0.39 is 0 Å². The number of benzene rings is 1. The molecule has 4 nitrogen and oxygen atoms in total. The van der Waals surface area contributed by atoms with Gasteiger partial charge in [0.2, 0.25) is 0 Å². The largest absolute Gasteiger partial charge is 0.494 e. The van der Waals surface area contributed by atoms with E-state index >= 15 is 0 Å². The first-order chi connectivity index (χ1) is 6.24. The lowest BCUT2D eigenvalue weighted by atomic mass is 10.2. The molecule has 13 heavy (non-hydrogen) atoms. The van der Waals surface area contributed by atoms with Gasteiger partial charge in [-0.3, -0.25) is 0 Å². The van der Waals surface area contributed by atoms with Gasteiger partial charge in [-0.05, 0) is 12.1 Å². The Morgan fingerprint density at radius 3 is 1.92 bits per heavy atom. The molecular formula is C9H13NO3. The summed E-state index contributed by atoms with van der Waals surface area (Å²) in [5.74, 6) is 1.68. The minimum atomic E-state index is 0.448. The van der Waals surface area contributed by atoms with Crippen molar-refractivity contribution < 1.29 is 14.2 Å². The van der Waals surface area contributed by atoms with E-state index in [2.05, 4.69) is 0 Å². The molecule has 2 N–H and O–H groups in total. The zero-order chi connectivity index (χ0) is 9.84. The van der Waals surface area contributed by atoms with Crippen LogP contribution in [0.2, 0.25) is 0 Å². The smallest absolute Gasteiger partial charge is 0.187 e. The third kappa shape index (κ3) is 1.61. The molecule has 0 bridgehead atoms. The van der Waals surface area contributed by atoms with Crippen molar-refractivity contribution in [2.24, 2.45) is 0 Å². The topological polar surface area (TPSA) is 53.7 Å². The summed E-state index contributed by atoms with van der Waals surface area (Å²) >= 11 is 0. The van der Waals surface area contributed by atoms with E-state index in [0.717, 1.165) is 0 Å². The second-order valence-electron chi connectivity index (χ2n) is 2.42. The van der Waals surface area contributed by atoms with E-state index in [1.165, 1.54) is 7.11 Å². The molecule has 0 atom stereocenters. The molecule has 0 heterocycles. The van der Waals surface area contributed by atoms with Gasteiger partial charge in [0.05, 0.1) is 21.3 Å². The monoisotopic (exact) mass is 183 g/mol. The molecule has 1 aromatic carbocycles. The highest BCUT2D eigenvalue weighted by Crippen LogP contribution is 2.39. The molecule has 0 aliphatic rings. The molecule has 0 amide bonds. The van der Waals surface area contributed by atoms with Crippen molar-refractivity contribution >= 4 is 5.69 Å². The molecule has 0 aliphatic carbocycles. The molecule has 4 heteroatoms. The lowest BCUT2D eigenvalue weighted by molar-refractivity contribution is 0.351. The summed E-state index contributed by atoms with van der Waals surface area (Å²) in [6.07, 6.45) is 0. The Morgan fingerprint density at radius 1 is 0.923 bits per heavy atom. The van der Waals surface area contributed by atoms with Gasteiger partial charge < -0.3 is 19.9 Å². The van der Waals surface area contributed by atoms with Crippen LogP contribution in [-0.2, 0) is 0 Å². The maximum Gasteiger partial charge on any atom is 0.187 e. The van der Waals surface area contributed by atoms with Gasteiger partial charge in [0.1, 0.15) is 11.4 Å². The Bertz CT molecular complexity index is 299. The van der Waals surface area contributed by atoms with Gasteiger partial charge in [-0.25, -0.2) is 0 Å². The standard InChI is InChI=1S/C9H13NO3/c1-11-6-4-5-7(12-2)9(13-3)8(6)10/h4-5H,10H2,1-3H3. The molecule has 0 radical (unpaired) electrons. The molecule has 0 saturated carbocycles. The molecule has 0 fully saturated rings. The molecule has 72 valence electrons. The zero-order valence-corrected chi connectivity index (χ0v) is 7.96. The summed E-state index contributed by atoms with van der Waals surface area (Å²) in [7, 11) is 4.65. The van der Waals surface area contributed by atoms with Crippen molar-refractivity contribution in [1.29, 1.82) is 0 Å². The van der Waals surface area contributed by atoms with Crippen LogP contribution in [0.1, 0.15) is 0 Å².